The molecular formula is C40H50O18. The lowest BCUT2D eigenvalue weighted by Gasteiger charge is -2.44. The van der Waals surface area contributed by atoms with Gasteiger partial charge >= 0.3 is 47.8 Å². The van der Waals surface area contributed by atoms with Gasteiger partial charge in [0.1, 0.15) is 37.6 Å². The van der Waals surface area contributed by atoms with E-state index in [9.17, 15) is 38.4 Å². The van der Waals surface area contributed by atoms with E-state index in [0.717, 1.165) is 38.8 Å². The van der Waals surface area contributed by atoms with Gasteiger partial charge in [-0.2, -0.15) is 0 Å². The topological polar surface area (TPSA) is 229 Å². The largest absolute Gasteiger partial charge is 0.463 e. The Labute approximate surface area is 335 Å². The van der Waals surface area contributed by atoms with Crippen LogP contribution in [0.3, 0.4) is 0 Å². The first-order chi connectivity index (χ1) is 27.3. The summed E-state index contributed by atoms with van der Waals surface area (Å²) in [7, 11) is 0. The molecule has 18 heteroatoms. The molecule has 0 unspecified atom stereocenters. The van der Waals surface area contributed by atoms with Gasteiger partial charge in [0.15, 0.2) is 36.6 Å². The number of carbonyl (C=O) groups is 8. The molecule has 2 heterocycles. The zero-order valence-electron chi connectivity index (χ0n) is 33.6. The summed E-state index contributed by atoms with van der Waals surface area (Å²) in [5.41, 5.74) is 1.53. The van der Waals surface area contributed by atoms with Crippen molar-refractivity contribution in [1.82, 2.24) is 0 Å². The second kappa shape index (κ2) is 22.4. The normalized spacial score (nSPS) is 26.8. The standard InChI is InChI=1S/C40H50O18/c1-21(41)49-19-33-37(53-25(5)45)39(55-27(7)47)35(51-23(3)43)31(57-33)13-9-11-29-15-17-30(18-16-29)12-10-14-32-36(52-24(4)44)40(56-28(8)48)38(54-26(6)46)34(58-32)20-50-22(2)42/h9-12,15-18,31-40H,13-14,19-20H2,1-8H3/b11-9+,12-10+/t31-,32-,33-,34-,35-,36-,37-,38+,39-,40-/m1/s1. The Balaban J connectivity index is 1.80. The molecule has 2 saturated heterocycles. The van der Waals surface area contributed by atoms with Crippen molar-refractivity contribution in [3.63, 3.8) is 0 Å². The van der Waals surface area contributed by atoms with Gasteiger partial charge in [0.25, 0.3) is 0 Å². The van der Waals surface area contributed by atoms with Gasteiger partial charge in [0, 0.05) is 55.4 Å². The van der Waals surface area contributed by atoms with Gasteiger partial charge in [-0.05, 0) is 24.0 Å². The molecule has 0 spiro atoms. The average Bonchev–Trinajstić information content (AvgIpc) is 3.10. The van der Waals surface area contributed by atoms with Crippen molar-refractivity contribution in [2.24, 2.45) is 0 Å². The molecule has 2 aliphatic heterocycles. The molecule has 318 valence electrons. The molecule has 2 aliphatic rings. The number of hydrogen-bond donors (Lipinski definition) is 0. The maximum absolute atomic E-state index is 12.1. The summed E-state index contributed by atoms with van der Waals surface area (Å²) in [6.07, 6.45) is -4.01. The Bertz CT molecular complexity index is 1580. The zero-order chi connectivity index (χ0) is 43.1. The van der Waals surface area contributed by atoms with Crippen molar-refractivity contribution < 1.29 is 85.7 Å². The summed E-state index contributed by atoms with van der Waals surface area (Å²) >= 11 is 0. The van der Waals surface area contributed by atoms with Crippen LogP contribution in [0, 0.1) is 0 Å². The van der Waals surface area contributed by atoms with E-state index in [1.54, 1.807) is 24.3 Å². The summed E-state index contributed by atoms with van der Waals surface area (Å²) in [5, 5.41) is 0. The molecule has 0 saturated carbocycles. The highest BCUT2D eigenvalue weighted by molar-refractivity contribution is 5.70. The van der Waals surface area contributed by atoms with Gasteiger partial charge in [-0.25, -0.2) is 0 Å². The van der Waals surface area contributed by atoms with E-state index in [-0.39, 0.29) is 26.1 Å². The van der Waals surface area contributed by atoms with E-state index < -0.39 is 109 Å². The number of rotatable bonds is 16. The number of benzene rings is 1. The third kappa shape index (κ3) is 15.0. The number of hydrogen-bond acceptors (Lipinski definition) is 18. The minimum absolute atomic E-state index is 0.136. The Kier molecular flexibility index (Phi) is 18.0. The van der Waals surface area contributed by atoms with Crippen molar-refractivity contribution in [2.45, 2.75) is 129 Å². The van der Waals surface area contributed by atoms with Crippen molar-refractivity contribution in [3.05, 3.63) is 47.5 Å². The molecule has 10 atom stereocenters. The molecule has 1 aromatic rings. The molecule has 3 rings (SSSR count). The quantitative estimate of drug-likeness (QED) is 0.172. The lowest BCUT2D eigenvalue weighted by Crippen LogP contribution is -2.62. The second-order valence-electron chi connectivity index (χ2n) is 13.4. The molecule has 2 fully saturated rings. The van der Waals surface area contributed by atoms with Crippen LogP contribution < -0.4 is 0 Å². The summed E-state index contributed by atoms with van der Waals surface area (Å²) in [6, 6.07) is 7.27. The van der Waals surface area contributed by atoms with Crippen LogP contribution >= 0.6 is 0 Å². The highest BCUT2D eigenvalue weighted by atomic mass is 16.7. The maximum Gasteiger partial charge on any atom is 0.303 e. The summed E-state index contributed by atoms with van der Waals surface area (Å²) in [5.74, 6) is -5.54. The molecule has 0 bridgehead atoms. The zero-order valence-corrected chi connectivity index (χ0v) is 33.6. The fraction of sp³-hybridized carbons (Fsp3) is 0.550. The Hall–Kier alpha value is -5.62. The van der Waals surface area contributed by atoms with Gasteiger partial charge < -0.3 is 47.4 Å². The van der Waals surface area contributed by atoms with Gasteiger partial charge in [-0.15, -0.1) is 0 Å². The lowest BCUT2D eigenvalue weighted by atomic mass is 9.92. The van der Waals surface area contributed by atoms with Gasteiger partial charge in [-0.1, -0.05) is 48.6 Å². The highest BCUT2D eigenvalue weighted by Gasteiger charge is 2.53. The van der Waals surface area contributed by atoms with Crippen molar-refractivity contribution in [3.8, 4) is 0 Å². The van der Waals surface area contributed by atoms with Crippen LogP contribution in [0.2, 0.25) is 0 Å². The van der Waals surface area contributed by atoms with Crippen LogP contribution in [0.25, 0.3) is 12.2 Å². The number of ether oxygens (including phenoxy) is 10. The third-order valence-electron chi connectivity index (χ3n) is 8.47. The third-order valence-corrected chi connectivity index (χ3v) is 8.47. The molecule has 0 amide bonds. The minimum Gasteiger partial charge on any atom is -0.463 e. The van der Waals surface area contributed by atoms with Gasteiger partial charge in [0.05, 0.1) is 0 Å². The van der Waals surface area contributed by atoms with Crippen LogP contribution in [-0.2, 0) is 85.7 Å². The second-order valence-corrected chi connectivity index (χ2v) is 13.4. The van der Waals surface area contributed by atoms with Crippen molar-refractivity contribution >= 4 is 59.9 Å². The molecule has 1 aromatic carbocycles. The molecule has 58 heavy (non-hydrogen) atoms. The number of esters is 8. The van der Waals surface area contributed by atoms with Crippen LogP contribution in [0.15, 0.2) is 36.4 Å². The predicted molar refractivity (Wildman–Crippen MR) is 198 cm³/mol. The Morgan fingerprint density at radius 3 is 0.931 bits per heavy atom. The van der Waals surface area contributed by atoms with Crippen LogP contribution in [0.1, 0.15) is 79.4 Å². The molecule has 0 aliphatic carbocycles. The molecule has 0 radical (unpaired) electrons. The summed E-state index contributed by atoms with van der Waals surface area (Å²) < 4.78 is 55.4. The maximum atomic E-state index is 12.1. The predicted octanol–water partition coefficient (Wildman–Crippen LogP) is 2.74. The first kappa shape index (κ1) is 46.8. The van der Waals surface area contributed by atoms with Crippen molar-refractivity contribution in [1.29, 1.82) is 0 Å². The van der Waals surface area contributed by atoms with Crippen LogP contribution in [0.5, 0.6) is 0 Å². The van der Waals surface area contributed by atoms with Crippen LogP contribution in [-0.4, -0.2) is 122 Å². The van der Waals surface area contributed by atoms with E-state index >= 15 is 0 Å². The monoisotopic (exact) mass is 818 g/mol. The summed E-state index contributed by atoms with van der Waals surface area (Å²) in [4.78, 5) is 95.7. The van der Waals surface area contributed by atoms with E-state index in [1.165, 1.54) is 27.7 Å². The van der Waals surface area contributed by atoms with Gasteiger partial charge in [-0.3, -0.25) is 38.4 Å². The molecule has 18 nitrogen and oxygen atoms in total. The lowest BCUT2D eigenvalue weighted by molar-refractivity contribution is -0.251. The Morgan fingerprint density at radius 2 is 0.672 bits per heavy atom. The van der Waals surface area contributed by atoms with E-state index in [1.807, 2.05) is 24.3 Å². The molecular weight excluding hydrogens is 768 g/mol. The van der Waals surface area contributed by atoms with E-state index in [2.05, 4.69) is 0 Å². The SMILES string of the molecule is CC(=O)OC[C@H]1O[C@H](C/C=C/c2ccc(/C=C/C[C@H]3O[C@H](COC(C)=O)[C@@H](OC(C)=O)[C@H](OC(C)=O)[C@@H]3OC(C)=O)cc2)[C@@H](OC(C)=O)[C@@H](OC(C)=O)[C@H]1OC(C)=O. The first-order valence-corrected chi connectivity index (χ1v) is 18.4. The van der Waals surface area contributed by atoms with Crippen LogP contribution in [0.4, 0.5) is 0 Å². The van der Waals surface area contributed by atoms with Crippen molar-refractivity contribution in [2.75, 3.05) is 13.2 Å². The van der Waals surface area contributed by atoms with E-state index in [4.69, 9.17) is 47.4 Å². The fourth-order valence-electron chi connectivity index (χ4n) is 6.41. The number of carbonyl (C=O) groups excluding carboxylic acids is 8. The first-order valence-electron chi connectivity index (χ1n) is 18.4. The fourth-order valence-corrected chi connectivity index (χ4v) is 6.41. The summed E-state index contributed by atoms with van der Waals surface area (Å²) in [6.45, 7) is 8.65. The minimum atomic E-state index is -1.27. The molecule has 0 N–H and O–H groups in total. The highest BCUT2D eigenvalue weighted by Crippen LogP contribution is 2.33. The Morgan fingerprint density at radius 1 is 0.414 bits per heavy atom. The molecule has 0 aromatic heterocycles. The van der Waals surface area contributed by atoms with Gasteiger partial charge in [0.2, 0.25) is 0 Å². The average molecular weight is 819 g/mol. The smallest absolute Gasteiger partial charge is 0.303 e. The van der Waals surface area contributed by atoms with E-state index in [0.29, 0.717) is 0 Å².